The average Bonchev–Trinajstić information content (AvgIpc) is 2.45. The molecule has 0 fully saturated rings. The summed E-state index contributed by atoms with van der Waals surface area (Å²) in [6, 6.07) is 2.76. The van der Waals surface area contributed by atoms with Crippen LogP contribution in [0.4, 0.5) is 10.1 Å². The normalized spacial score (nSPS) is 11.2. The molecule has 20 heavy (non-hydrogen) atoms. The maximum atomic E-state index is 13.6. The molecule has 0 aliphatic rings. The highest BCUT2D eigenvalue weighted by Gasteiger charge is 2.29. The van der Waals surface area contributed by atoms with Crippen molar-refractivity contribution in [3.63, 3.8) is 0 Å². The summed E-state index contributed by atoms with van der Waals surface area (Å²) in [4.78, 5) is 22.0. The van der Waals surface area contributed by atoms with Gasteiger partial charge in [0, 0.05) is 12.1 Å². The Bertz CT molecular complexity index is 507. The molecule has 2 N–H and O–H groups in total. The molecule has 110 valence electrons. The van der Waals surface area contributed by atoms with Gasteiger partial charge in [0.2, 0.25) is 0 Å². The standard InChI is InChI=1S/C13H17FN2O4/c1-3-13(4-2,8-17)15-12(18)10-7-9(16(19)20)5-6-11(10)14/h5-7,17H,3-4,8H2,1-2H3,(H,15,18). The third-order valence-electron chi connectivity index (χ3n) is 3.44. The number of amides is 1. The summed E-state index contributed by atoms with van der Waals surface area (Å²) in [6.45, 7) is 3.27. The molecule has 1 aromatic carbocycles. The van der Waals surface area contributed by atoms with Gasteiger partial charge in [-0.15, -0.1) is 0 Å². The van der Waals surface area contributed by atoms with Gasteiger partial charge in [0.1, 0.15) is 5.82 Å². The first-order chi connectivity index (χ1) is 9.39. The first kappa shape index (κ1) is 16.0. The molecule has 0 aliphatic heterocycles. The van der Waals surface area contributed by atoms with Crippen LogP contribution < -0.4 is 5.32 Å². The summed E-state index contributed by atoms with van der Waals surface area (Å²) in [5.41, 5.74) is -1.62. The second kappa shape index (κ2) is 6.42. The maximum Gasteiger partial charge on any atom is 0.270 e. The molecule has 0 saturated heterocycles. The highest BCUT2D eigenvalue weighted by molar-refractivity contribution is 5.95. The number of nitro groups is 1. The number of non-ortho nitro benzene ring substituents is 1. The van der Waals surface area contributed by atoms with Crippen LogP contribution in [0.3, 0.4) is 0 Å². The lowest BCUT2D eigenvalue weighted by Gasteiger charge is -2.30. The van der Waals surface area contributed by atoms with E-state index in [2.05, 4.69) is 5.32 Å². The summed E-state index contributed by atoms with van der Waals surface area (Å²) in [5, 5.41) is 22.6. The molecule has 1 aromatic rings. The molecule has 0 radical (unpaired) electrons. The van der Waals surface area contributed by atoms with E-state index in [1.54, 1.807) is 13.8 Å². The van der Waals surface area contributed by atoms with Crippen LogP contribution in [0, 0.1) is 15.9 Å². The zero-order chi connectivity index (χ0) is 15.3. The van der Waals surface area contributed by atoms with Gasteiger partial charge in [-0.3, -0.25) is 14.9 Å². The zero-order valence-electron chi connectivity index (χ0n) is 11.4. The van der Waals surface area contributed by atoms with E-state index in [1.807, 2.05) is 0 Å². The predicted octanol–water partition coefficient (Wildman–Crippen LogP) is 2.01. The number of hydrogen-bond acceptors (Lipinski definition) is 4. The van der Waals surface area contributed by atoms with E-state index in [4.69, 9.17) is 0 Å². The average molecular weight is 284 g/mol. The van der Waals surface area contributed by atoms with E-state index in [9.17, 15) is 24.4 Å². The number of nitrogens with one attached hydrogen (secondary N) is 1. The number of carbonyl (C=O) groups excluding carboxylic acids is 1. The topological polar surface area (TPSA) is 92.5 Å². The van der Waals surface area contributed by atoms with E-state index < -0.39 is 27.8 Å². The van der Waals surface area contributed by atoms with Crippen LogP contribution in [-0.4, -0.2) is 28.1 Å². The van der Waals surface area contributed by atoms with Crippen LogP contribution in [0.1, 0.15) is 37.0 Å². The number of rotatable bonds is 6. The minimum absolute atomic E-state index is 0.289. The molecule has 7 heteroatoms. The van der Waals surface area contributed by atoms with Crippen LogP contribution in [0.5, 0.6) is 0 Å². The first-order valence-electron chi connectivity index (χ1n) is 6.26. The molecular weight excluding hydrogens is 267 g/mol. The van der Waals surface area contributed by atoms with Gasteiger partial charge in [-0.05, 0) is 18.9 Å². The van der Waals surface area contributed by atoms with Crippen molar-refractivity contribution < 1.29 is 19.2 Å². The van der Waals surface area contributed by atoms with Crippen molar-refractivity contribution in [2.75, 3.05) is 6.61 Å². The smallest absolute Gasteiger partial charge is 0.270 e. The predicted molar refractivity (Wildman–Crippen MR) is 70.9 cm³/mol. The van der Waals surface area contributed by atoms with E-state index in [-0.39, 0.29) is 12.3 Å². The van der Waals surface area contributed by atoms with Crippen LogP contribution in [-0.2, 0) is 0 Å². The Balaban J connectivity index is 3.08. The van der Waals surface area contributed by atoms with Gasteiger partial charge >= 0.3 is 0 Å². The van der Waals surface area contributed by atoms with E-state index in [0.717, 1.165) is 18.2 Å². The fraction of sp³-hybridized carbons (Fsp3) is 0.462. The Labute approximate surface area is 115 Å². The zero-order valence-corrected chi connectivity index (χ0v) is 11.4. The number of nitro benzene ring substituents is 1. The van der Waals surface area contributed by atoms with Crippen molar-refractivity contribution in [1.82, 2.24) is 5.32 Å². The van der Waals surface area contributed by atoms with Crippen molar-refractivity contribution in [2.24, 2.45) is 0 Å². The van der Waals surface area contributed by atoms with Crippen LogP contribution in [0.15, 0.2) is 18.2 Å². The Morgan fingerprint density at radius 3 is 2.50 bits per heavy atom. The number of benzene rings is 1. The number of halogens is 1. The molecular formula is C13H17FN2O4. The highest BCUT2D eigenvalue weighted by atomic mass is 19.1. The Hall–Kier alpha value is -2.02. The van der Waals surface area contributed by atoms with Crippen LogP contribution in [0.2, 0.25) is 0 Å². The van der Waals surface area contributed by atoms with Crippen molar-refractivity contribution in [1.29, 1.82) is 0 Å². The summed E-state index contributed by atoms with van der Waals surface area (Å²) in [7, 11) is 0. The molecule has 0 bridgehead atoms. The van der Waals surface area contributed by atoms with Crippen LogP contribution in [0.25, 0.3) is 0 Å². The maximum absolute atomic E-state index is 13.6. The molecule has 1 amide bonds. The fourth-order valence-electron chi connectivity index (χ4n) is 1.80. The number of carbonyl (C=O) groups is 1. The molecule has 0 atom stereocenters. The molecule has 1 rings (SSSR count). The highest BCUT2D eigenvalue weighted by Crippen LogP contribution is 2.19. The summed E-state index contributed by atoms with van der Waals surface area (Å²) >= 11 is 0. The van der Waals surface area contributed by atoms with Crippen molar-refractivity contribution in [3.8, 4) is 0 Å². The van der Waals surface area contributed by atoms with Gasteiger partial charge in [-0.25, -0.2) is 4.39 Å². The summed E-state index contributed by atoms with van der Waals surface area (Å²) in [6.07, 6.45) is 0.921. The Morgan fingerprint density at radius 2 is 2.05 bits per heavy atom. The summed E-state index contributed by atoms with van der Waals surface area (Å²) < 4.78 is 13.6. The van der Waals surface area contributed by atoms with Gasteiger partial charge in [-0.2, -0.15) is 0 Å². The molecule has 0 heterocycles. The second-order valence-electron chi connectivity index (χ2n) is 4.52. The quantitative estimate of drug-likeness (QED) is 0.617. The molecule has 0 unspecified atom stereocenters. The largest absolute Gasteiger partial charge is 0.394 e. The van der Waals surface area contributed by atoms with E-state index >= 15 is 0 Å². The minimum atomic E-state index is -0.853. The van der Waals surface area contributed by atoms with Gasteiger partial charge < -0.3 is 10.4 Å². The molecule has 0 saturated carbocycles. The van der Waals surface area contributed by atoms with E-state index in [0.29, 0.717) is 12.8 Å². The molecule has 0 aliphatic carbocycles. The Morgan fingerprint density at radius 1 is 1.45 bits per heavy atom. The van der Waals surface area contributed by atoms with Crippen LogP contribution >= 0.6 is 0 Å². The van der Waals surface area contributed by atoms with Crippen molar-refractivity contribution in [2.45, 2.75) is 32.2 Å². The molecule has 0 spiro atoms. The van der Waals surface area contributed by atoms with Gasteiger partial charge in [0.25, 0.3) is 11.6 Å². The number of aliphatic hydroxyl groups is 1. The fourth-order valence-corrected chi connectivity index (χ4v) is 1.80. The number of aliphatic hydroxyl groups excluding tert-OH is 1. The minimum Gasteiger partial charge on any atom is -0.394 e. The third kappa shape index (κ3) is 3.30. The first-order valence-corrected chi connectivity index (χ1v) is 6.26. The monoisotopic (exact) mass is 284 g/mol. The number of hydrogen-bond donors (Lipinski definition) is 2. The lowest BCUT2D eigenvalue weighted by Crippen LogP contribution is -2.50. The summed E-state index contributed by atoms with van der Waals surface area (Å²) in [5.74, 6) is -1.61. The van der Waals surface area contributed by atoms with Crippen molar-refractivity contribution >= 4 is 11.6 Å². The number of nitrogens with zero attached hydrogens (tertiary/aromatic N) is 1. The lowest BCUT2D eigenvalue weighted by molar-refractivity contribution is -0.384. The van der Waals surface area contributed by atoms with E-state index in [1.165, 1.54) is 0 Å². The molecule has 6 nitrogen and oxygen atoms in total. The van der Waals surface area contributed by atoms with Gasteiger partial charge in [-0.1, -0.05) is 13.8 Å². The molecule has 0 aromatic heterocycles. The van der Waals surface area contributed by atoms with Gasteiger partial charge in [0.15, 0.2) is 0 Å². The second-order valence-corrected chi connectivity index (χ2v) is 4.52. The van der Waals surface area contributed by atoms with Crippen molar-refractivity contribution in [3.05, 3.63) is 39.7 Å². The van der Waals surface area contributed by atoms with Gasteiger partial charge in [0.05, 0.1) is 22.6 Å². The SMILES string of the molecule is CCC(CC)(CO)NC(=O)c1cc([N+](=O)[O-])ccc1F. The lowest BCUT2D eigenvalue weighted by atomic mass is 9.93. The Kier molecular flexibility index (Phi) is 5.15. The third-order valence-corrected chi connectivity index (χ3v) is 3.44.